The molecule has 0 fully saturated rings. The third kappa shape index (κ3) is 3.75. The van der Waals surface area contributed by atoms with E-state index in [1.54, 1.807) is 0 Å². The van der Waals surface area contributed by atoms with Crippen molar-refractivity contribution in [2.24, 2.45) is 0 Å². The summed E-state index contributed by atoms with van der Waals surface area (Å²) in [5.41, 5.74) is 4.36. The van der Waals surface area contributed by atoms with E-state index in [4.69, 9.17) is 16.7 Å². The molecule has 2 heterocycles. The van der Waals surface area contributed by atoms with Gasteiger partial charge in [-0.05, 0) is 42.7 Å². The van der Waals surface area contributed by atoms with E-state index < -0.39 is 0 Å². The number of fused-ring (bicyclic) bond motifs is 1. The number of nitrogens with one attached hydrogen (secondary N) is 1. The number of hydrogen-bond donors (Lipinski definition) is 2. The lowest BCUT2D eigenvalue weighted by molar-refractivity contribution is 0.287. The molecule has 1 aliphatic heterocycles. The Morgan fingerprint density at radius 1 is 1.19 bits per heavy atom. The number of aromatic nitrogens is 3. The summed E-state index contributed by atoms with van der Waals surface area (Å²) in [5, 5.41) is 17.9. The van der Waals surface area contributed by atoms with Crippen LogP contribution in [0.3, 0.4) is 0 Å². The number of aryl methyl sites for hydroxylation is 2. The maximum Gasteiger partial charge on any atom is 0.226 e. The van der Waals surface area contributed by atoms with Gasteiger partial charge in [-0.2, -0.15) is 10.1 Å². The quantitative estimate of drug-likeness (QED) is 0.695. The molecular weight excluding hydrogens is 360 g/mol. The molecule has 0 bridgehead atoms. The van der Waals surface area contributed by atoms with Gasteiger partial charge in [0.05, 0.1) is 0 Å². The highest BCUT2D eigenvalue weighted by atomic mass is 35.5. The van der Waals surface area contributed by atoms with Crippen molar-refractivity contribution in [3.63, 3.8) is 0 Å². The van der Waals surface area contributed by atoms with Crippen molar-refractivity contribution in [1.29, 1.82) is 0 Å². The Balaban J connectivity index is 1.77. The van der Waals surface area contributed by atoms with E-state index in [1.807, 2.05) is 28.9 Å². The topological polar surface area (TPSA) is 63.0 Å². The van der Waals surface area contributed by atoms with Crippen molar-refractivity contribution < 1.29 is 5.11 Å². The molecule has 0 spiro atoms. The molecule has 2 N–H and O–H groups in total. The normalized spacial score (nSPS) is 15.8. The predicted molar refractivity (Wildman–Crippen MR) is 108 cm³/mol. The highest BCUT2D eigenvalue weighted by Crippen LogP contribution is 2.33. The maximum absolute atomic E-state index is 9.10. The van der Waals surface area contributed by atoms with Gasteiger partial charge in [0.1, 0.15) is 6.04 Å². The van der Waals surface area contributed by atoms with Crippen molar-refractivity contribution in [3.8, 4) is 0 Å². The maximum atomic E-state index is 9.10. The van der Waals surface area contributed by atoms with Gasteiger partial charge < -0.3 is 10.4 Å². The van der Waals surface area contributed by atoms with Crippen LogP contribution in [0.1, 0.15) is 35.0 Å². The molecule has 0 amide bonds. The molecule has 0 saturated carbocycles. The van der Waals surface area contributed by atoms with E-state index >= 15 is 0 Å². The van der Waals surface area contributed by atoms with Crippen LogP contribution >= 0.6 is 11.6 Å². The molecule has 0 unspecified atom stereocenters. The second kappa shape index (κ2) is 7.55. The molecule has 2 aromatic carbocycles. The number of aliphatic hydroxyl groups excluding tert-OH is 1. The van der Waals surface area contributed by atoms with Crippen molar-refractivity contribution in [3.05, 3.63) is 82.1 Å². The monoisotopic (exact) mass is 380 g/mol. The van der Waals surface area contributed by atoms with Gasteiger partial charge in [0, 0.05) is 23.7 Å². The average Bonchev–Trinajstić information content (AvgIpc) is 3.09. The van der Waals surface area contributed by atoms with Gasteiger partial charge in [-0.3, -0.25) is 0 Å². The predicted octanol–water partition coefficient (Wildman–Crippen LogP) is 4.22. The van der Waals surface area contributed by atoms with Crippen LogP contribution in [-0.4, -0.2) is 26.5 Å². The van der Waals surface area contributed by atoms with Gasteiger partial charge in [-0.15, -0.1) is 0 Å². The minimum Gasteiger partial charge on any atom is -0.396 e. The summed E-state index contributed by atoms with van der Waals surface area (Å²) in [6.45, 7) is 2.20. The number of nitrogens with zero attached hydrogens (tertiary/aromatic N) is 3. The van der Waals surface area contributed by atoms with Gasteiger partial charge in [-0.1, -0.05) is 53.6 Å². The summed E-state index contributed by atoms with van der Waals surface area (Å²) in [5.74, 6) is 1.42. The van der Waals surface area contributed by atoms with Crippen molar-refractivity contribution in [1.82, 2.24) is 14.8 Å². The lowest BCUT2D eigenvalue weighted by Crippen LogP contribution is -2.20. The van der Waals surface area contributed by atoms with Gasteiger partial charge in [-0.25, -0.2) is 4.68 Å². The molecule has 0 radical (unpaired) electrons. The fourth-order valence-corrected chi connectivity index (χ4v) is 3.41. The number of benzene rings is 2. The highest BCUT2D eigenvalue weighted by molar-refractivity contribution is 6.30. The second-order valence-electron chi connectivity index (χ2n) is 6.69. The van der Waals surface area contributed by atoms with Crippen LogP contribution in [0.25, 0.3) is 5.70 Å². The van der Waals surface area contributed by atoms with E-state index in [-0.39, 0.29) is 12.6 Å². The first kappa shape index (κ1) is 17.8. The standard InChI is InChI=1S/C21H21ClN4O/c1-14-7-9-15(10-8-14)18-13-19(16-4-2-5-17(22)12-16)26-21(23-18)24-20(25-26)6-3-11-27/h2,4-5,7-10,12-13,19,27H,3,6,11H2,1H3,(H,23,24,25)/t19-/m1/s1. The zero-order valence-electron chi connectivity index (χ0n) is 15.1. The Labute approximate surface area is 163 Å². The molecule has 4 rings (SSSR count). The number of halogens is 1. The molecule has 1 aliphatic rings. The van der Waals surface area contributed by atoms with Crippen LogP contribution in [0.2, 0.25) is 5.02 Å². The van der Waals surface area contributed by atoms with E-state index in [9.17, 15) is 0 Å². The summed E-state index contributed by atoms with van der Waals surface area (Å²) in [6, 6.07) is 16.1. The van der Waals surface area contributed by atoms with Gasteiger partial charge in [0.25, 0.3) is 0 Å². The third-order valence-corrected chi connectivity index (χ3v) is 4.86. The number of anilines is 1. The van der Waals surface area contributed by atoms with Crippen LogP contribution in [0, 0.1) is 6.92 Å². The number of aliphatic hydroxyl groups is 1. The van der Waals surface area contributed by atoms with Gasteiger partial charge >= 0.3 is 0 Å². The summed E-state index contributed by atoms with van der Waals surface area (Å²) >= 11 is 6.23. The number of rotatable bonds is 5. The van der Waals surface area contributed by atoms with E-state index in [1.165, 1.54) is 5.56 Å². The largest absolute Gasteiger partial charge is 0.396 e. The fraction of sp³-hybridized carbons (Fsp3) is 0.238. The molecule has 0 saturated heterocycles. The van der Waals surface area contributed by atoms with Crippen LogP contribution in [-0.2, 0) is 6.42 Å². The molecule has 1 aromatic heterocycles. The average molecular weight is 381 g/mol. The molecule has 5 nitrogen and oxygen atoms in total. The Kier molecular flexibility index (Phi) is 4.97. The Hall–Kier alpha value is -2.63. The van der Waals surface area contributed by atoms with Crippen LogP contribution < -0.4 is 5.32 Å². The minimum absolute atomic E-state index is 0.105. The molecule has 138 valence electrons. The zero-order chi connectivity index (χ0) is 18.8. The van der Waals surface area contributed by atoms with E-state index in [0.29, 0.717) is 23.8 Å². The molecule has 3 aromatic rings. The molecule has 6 heteroatoms. The van der Waals surface area contributed by atoms with Crippen LogP contribution in [0.5, 0.6) is 0 Å². The zero-order valence-corrected chi connectivity index (χ0v) is 15.8. The van der Waals surface area contributed by atoms with Crippen molar-refractivity contribution in [2.45, 2.75) is 25.8 Å². The first-order valence-corrected chi connectivity index (χ1v) is 9.39. The molecule has 1 atom stereocenters. The van der Waals surface area contributed by atoms with Crippen LogP contribution in [0.15, 0.2) is 54.6 Å². The second-order valence-corrected chi connectivity index (χ2v) is 7.13. The first-order valence-electron chi connectivity index (χ1n) is 9.01. The van der Waals surface area contributed by atoms with E-state index in [0.717, 1.165) is 22.6 Å². The number of hydrogen-bond acceptors (Lipinski definition) is 4. The van der Waals surface area contributed by atoms with Crippen LogP contribution in [0.4, 0.5) is 5.95 Å². The molecule has 0 aliphatic carbocycles. The summed E-state index contributed by atoms with van der Waals surface area (Å²) in [7, 11) is 0. The third-order valence-electron chi connectivity index (χ3n) is 4.62. The summed E-state index contributed by atoms with van der Waals surface area (Å²) in [4.78, 5) is 4.64. The summed E-state index contributed by atoms with van der Waals surface area (Å²) < 4.78 is 1.88. The molecular formula is C21H21ClN4O. The Morgan fingerprint density at radius 2 is 2.00 bits per heavy atom. The van der Waals surface area contributed by atoms with Crippen molar-refractivity contribution >= 4 is 23.2 Å². The highest BCUT2D eigenvalue weighted by Gasteiger charge is 2.25. The number of allylic oxidation sites excluding steroid dienone is 1. The van der Waals surface area contributed by atoms with Gasteiger partial charge in [0.15, 0.2) is 5.82 Å². The SMILES string of the molecule is Cc1ccc(C2=C[C@H](c3cccc(Cl)c3)n3nc(CCCO)nc3N2)cc1. The first-order chi connectivity index (χ1) is 13.1. The van der Waals surface area contributed by atoms with Crippen molar-refractivity contribution in [2.75, 3.05) is 11.9 Å². The van der Waals surface area contributed by atoms with Gasteiger partial charge in [0.2, 0.25) is 5.95 Å². The Morgan fingerprint density at radius 3 is 2.74 bits per heavy atom. The summed E-state index contributed by atoms with van der Waals surface area (Å²) in [6.07, 6.45) is 3.43. The molecule has 27 heavy (non-hydrogen) atoms. The lowest BCUT2D eigenvalue weighted by Gasteiger charge is -2.24. The fourth-order valence-electron chi connectivity index (χ4n) is 3.21. The lowest BCUT2D eigenvalue weighted by atomic mass is 10.0. The smallest absolute Gasteiger partial charge is 0.226 e. The van der Waals surface area contributed by atoms with E-state index in [2.05, 4.69) is 52.7 Å². The minimum atomic E-state index is -0.105. The Bertz CT molecular complexity index is 978.